The van der Waals surface area contributed by atoms with Gasteiger partial charge in [-0.3, -0.25) is 4.79 Å². The Morgan fingerprint density at radius 2 is 1.82 bits per heavy atom. The quantitative estimate of drug-likeness (QED) is 0.546. The Bertz CT molecular complexity index is 1170. The Morgan fingerprint density at radius 3 is 2.52 bits per heavy atom. The average Bonchev–Trinajstić information content (AvgIpc) is 3.37. The summed E-state index contributed by atoms with van der Waals surface area (Å²) in [7, 11) is -2.08. The monoisotopic (exact) mass is 469 g/mol. The van der Waals surface area contributed by atoms with E-state index >= 15 is 0 Å². The van der Waals surface area contributed by atoms with E-state index in [0.29, 0.717) is 17.9 Å². The molecule has 2 aromatic carbocycles. The van der Waals surface area contributed by atoms with Gasteiger partial charge in [0.1, 0.15) is 5.76 Å². The molecule has 1 fully saturated rings. The van der Waals surface area contributed by atoms with Crippen molar-refractivity contribution >= 4 is 21.6 Å². The first-order valence-corrected chi connectivity index (χ1v) is 12.2. The van der Waals surface area contributed by atoms with Gasteiger partial charge in [-0.15, -0.1) is 0 Å². The fourth-order valence-electron chi connectivity index (χ4n) is 3.66. The number of anilines is 1. The van der Waals surface area contributed by atoms with Crippen molar-refractivity contribution in [2.75, 3.05) is 38.3 Å². The Balaban J connectivity index is 1.40. The summed E-state index contributed by atoms with van der Waals surface area (Å²) in [4.78, 5) is 16.8. The number of nitrogens with one attached hydrogen (secondary N) is 1. The molecule has 1 aromatic heterocycles. The van der Waals surface area contributed by atoms with Gasteiger partial charge in [0.15, 0.2) is 0 Å². The van der Waals surface area contributed by atoms with Crippen molar-refractivity contribution in [3.05, 3.63) is 83.8 Å². The van der Waals surface area contributed by atoms with E-state index in [1.54, 1.807) is 36.2 Å². The number of hydrogen-bond acceptors (Lipinski definition) is 6. The molecular weight excluding hydrogens is 442 g/mol. The van der Waals surface area contributed by atoms with Gasteiger partial charge in [-0.25, -0.2) is 13.1 Å². The first-order chi connectivity index (χ1) is 15.9. The van der Waals surface area contributed by atoms with Crippen LogP contribution in [0.4, 0.5) is 5.69 Å². The molecule has 0 aliphatic carbocycles. The minimum Gasteiger partial charge on any atom is -0.468 e. The van der Waals surface area contributed by atoms with Crippen molar-refractivity contribution in [3.8, 4) is 0 Å². The zero-order valence-electron chi connectivity index (χ0n) is 18.4. The molecule has 33 heavy (non-hydrogen) atoms. The molecule has 174 valence electrons. The number of carbonyl (C=O) groups excluding carboxylic acids is 1. The molecule has 0 bridgehead atoms. The van der Waals surface area contributed by atoms with Crippen LogP contribution in [0.1, 0.15) is 21.7 Å². The molecule has 8 nitrogen and oxygen atoms in total. The maximum absolute atomic E-state index is 13.0. The van der Waals surface area contributed by atoms with Gasteiger partial charge in [-0.1, -0.05) is 18.2 Å². The summed E-state index contributed by atoms with van der Waals surface area (Å²) in [5.41, 5.74) is 2.44. The van der Waals surface area contributed by atoms with Gasteiger partial charge in [0, 0.05) is 37.9 Å². The maximum atomic E-state index is 13.0. The average molecular weight is 470 g/mol. The molecule has 1 amide bonds. The number of amides is 1. The van der Waals surface area contributed by atoms with Gasteiger partial charge in [0.05, 0.1) is 30.9 Å². The molecule has 0 radical (unpaired) electrons. The SMILES string of the molecule is CN(Cc1ccc(N2CCOCC2)cc1)C(=O)c1cccc(S(=O)(=O)NCc2ccco2)c1. The van der Waals surface area contributed by atoms with Gasteiger partial charge in [-0.05, 0) is 48.0 Å². The molecule has 3 aromatic rings. The molecule has 2 heterocycles. The summed E-state index contributed by atoms with van der Waals surface area (Å²) >= 11 is 0. The van der Waals surface area contributed by atoms with Crippen LogP contribution in [-0.2, 0) is 27.8 Å². The van der Waals surface area contributed by atoms with Crippen LogP contribution < -0.4 is 9.62 Å². The number of rotatable bonds is 8. The van der Waals surface area contributed by atoms with Gasteiger partial charge >= 0.3 is 0 Å². The molecule has 0 atom stereocenters. The lowest BCUT2D eigenvalue weighted by molar-refractivity contribution is 0.0785. The lowest BCUT2D eigenvalue weighted by Gasteiger charge is -2.29. The fraction of sp³-hybridized carbons (Fsp3) is 0.292. The fourth-order valence-corrected chi connectivity index (χ4v) is 4.70. The maximum Gasteiger partial charge on any atom is 0.253 e. The van der Waals surface area contributed by atoms with Crippen molar-refractivity contribution in [1.29, 1.82) is 0 Å². The van der Waals surface area contributed by atoms with Crippen molar-refractivity contribution < 1.29 is 22.4 Å². The standard InChI is InChI=1S/C24H27N3O5S/c1-26(18-19-7-9-21(10-8-19)27-11-14-31-15-12-27)24(28)20-4-2-6-23(16-20)33(29,30)25-17-22-5-3-13-32-22/h2-10,13,16,25H,11-12,14-15,17-18H2,1H3. The summed E-state index contributed by atoms with van der Waals surface area (Å²) < 4.78 is 38.3. The predicted molar refractivity (Wildman–Crippen MR) is 124 cm³/mol. The highest BCUT2D eigenvalue weighted by Crippen LogP contribution is 2.19. The van der Waals surface area contributed by atoms with E-state index < -0.39 is 10.0 Å². The van der Waals surface area contributed by atoms with Gasteiger partial charge in [0.2, 0.25) is 10.0 Å². The van der Waals surface area contributed by atoms with E-state index in [2.05, 4.69) is 21.8 Å². The number of carbonyl (C=O) groups is 1. The van der Waals surface area contributed by atoms with Crippen LogP contribution in [0.25, 0.3) is 0 Å². The minimum atomic E-state index is -3.79. The third kappa shape index (κ3) is 5.81. The molecule has 9 heteroatoms. The third-order valence-corrected chi connectivity index (χ3v) is 6.89. The van der Waals surface area contributed by atoms with Crippen LogP contribution in [0.15, 0.2) is 76.2 Å². The number of furan rings is 1. The molecule has 1 aliphatic heterocycles. The molecule has 0 spiro atoms. The number of nitrogens with zero attached hydrogens (tertiary/aromatic N) is 2. The predicted octanol–water partition coefficient (Wildman–Crippen LogP) is 2.87. The third-order valence-electron chi connectivity index (χ3n) is 5.49. The number of ether oxygens (including phenoxy) is 1. The highest BCUT2D eigenvalue weighted by Gasteiger charge is 2.19. The highest BCUT2D eigenvalue weighted by molar-refractivity contribution is 7.89. The van der Waals surface area contributed by atoms with Crippen LogP contribution in [0.3, 0.4) is 0 Å². The molecule has 0 saturated carbocycles. The summed E-state index contributed by atoms with van der Waals surface area (Å²) in [5.74, 6) is 0.250. The second kappa shape index (κ2) is 10.2. The van der Waals surface area contributed by atoms with Crippen LogP contribution in [0.5, 0.6) is 0 Å². The van der Waals surface area contributed by atoms with Gasteiger partial charge in [0.25, 0.3) is 5.91 Å². The summed E-state index contributed by atoms with van der Waals surface area (Å²) in [6, 6.07) is 17.5. The van der Waals surface area contributed by atoms with Crippen LogP contribution >= 0.6 is 0 Å². The Morgan fingerprint density at radius 1 is 1.06 bits per heavy atom. The second-order valence-corrected chi connectivity index (χ2v) is 9.63. The molecule has 0 unspecified atom stereocenters. The summed E-state index contributed by atoms with van der Waals surface area (Å²) in [5, 5.41) is 0. The van der Waals surface area contributed by atoms with Gasteiger partial charge in [-0.2, -0.15) is 0 Å². The largest absolute Gasteiger partial charge is 0.468 e. The first kappa shape index (κ1) is 23.0. The Hall–Kier alpha value is -3.14. The zero-order chi connectivity index (χ0) is 23.3. The van der Waals surface area contributed by atoms with Crippen LogP contribution in [0, 0.1) is 0 Å². The lowest BCUT2D eigenvalue weighted by atomic mass is 10.1. The van der Waals surface area contributed by atoms with Crippen LogP contribution in [0.2, 0.25) is 0 Å². The molecule has 1 aliphatic rings. The van der Waals surface area contributed by atoms with E-state index in [1.807, 2.05) is 12.1 Å². The molecule has 4 rings (SSSR count). The Kier molecular flexibility index (Phi) is 7.12. The number of sulfonamides is 1. The topological polar surface area (TPSA) is 92.1 Å². The smallest absolute Gasteiger partial charge is 0.253 e. The zero-order valence-corrected chi connectivity index (χ0v) is 19.3. The lowest BCUT2D eigenvalue weighted by Crippen LogP contribution is -2.36. The van der Waals surface area contributed by atoms with Crippen LogP contribution in [-0.4, -0.2) is 52.6 Å². The number of hydrogen-bond donors (Lipinski definition) is 1. The van der Waals surface area contributed by atoms with E-state index in [0.717, 1.165) is 37.6 Å². The summed E-state index contributed by atoms with van der Waals surface area (Å²) in [6.07, 6.45) is 1.48. The Labute approximate surface area is 193 Å². The van der Waals surface area contributed by atoms with E-state index in [9.17, 15) is 13.2 Å². The minimum absolute atomic E-state index is 0.0307. The highest BCUT2D eigenvalue weighted by atomic mass is 32.2. The van der Waals surface area contributed by atoms with Crippen molar-refractivity contribution in [2.45, 2.75) is 18.0 Å². The number of morpholine rings is 1. The first-order valence-electron chi connectivity index (χ1n) is 10.7. The molecule has 1 saturated heterocycles. The normalized spacial score (nSPS) is 14.3. The van der Waals surface area contributed by atoms with E-state index in [4.69, 9.17) is 9.15 Å². The van der Waals surface area contributed by atoms with Crippen molar-refractivity contribution in [3.63, 3.8) is 0 Å². The van der Waals surface area contributed by atoms with E-state index in [-0.39, 0.29) is 17.3 Å². The number of benzene rings is 2. The second-order valence-electron chi connectivity index (χ2n) is 7.86. The van der Waals surface area contributed by atoms with E-state index in [1.165, 1.54) is 18.4 Å². The van der Waals surface area contributed by atoms with Gasteiger partial charge < -0.3 is 19.0 Å². The molecule has 1 N–H and O–H groups in total. The van der Waals surface area contributed by atoms with Crippen molar-refractivity contribution in [1.82, 2.24) is 9.62 Å². The summed E-state index contributed by atoms with van der Waals surface area (Å²) in [6.45, 7) is 3.64. The molecular formula is C24H27N3O5S. The van der Waals surface area contributed by atoms with Crippen molar-refractivity contribution in [2.24, 2.45) is 0 Å².